The first-order chi connectivity index (χ1) is 14.1. The van der Waals surface area contributed by atoms with E-state index in [9.17, 15) is 14.4 Å². The topological polar surface area (TPSA) is 70.1 Å². The van der Waals surface area contributed by atoms with Crippen molar-refractivity contribution < 1.29 is 14.4 Å². The van der Waals surface area contributed by atoms with Gasteiger partial charge >= 0.3 is 0 Å². The molecule has 2 aromatic carbocycles. The maximum Gasteiger partial charge on any atom is 0.240 e. The summed E-state index contributed by atoms with van der Waals surface area (Å²) < 4.78 is 0. The molecule has 2 fully saturated rings. The quantitative estimate of drug-likeness (QED) is 0.602. The van der Waals surface area contributed by atoms with Crippen molar-refractivity contribution in [3.63, 3.8) is 0 Å². The summed E-state index contributed by atoms with van der Waals surface area (Å²) in [5.41, 5.74) is 2.09. The summed E-state index contributed by atoms with van der Waals surface area (Å²) in [5, 5.41) is 5.99. The van der Waals surface area contributed by atoms with Crippen LogP contribution in [0.25, 0.3) is 0 Å². The molecule has 0 aliphatic carbocycles. The molecule has 6 heteroatoms. The van der Waals surface area contributed by atoms with Gasteiger partial charge in [0.05, 0.1) is 23.6 Å². The lowest BCUT2D eigenvalue weighted by Gasteiger charge is -2.30. The third kappa shape index (κ3) is 2.56. The van der Waals surface area contributed by atoms with Gasteiger partial charge in [0.25, 0.3) is 0 Å². The highest BCUT2D eigenvalue weighted by atomic mass is 16.2. The lowest BCUT2D eigenvalue weighted by Crippen LogP contribution is -2.46. The SMILES string of the molecule is Cc1ccc(N2C(=O)[C@@H]3[C@H](C2=O)[C@H](C(=O)c2ccccc2)N2N=CC=C[C@@H]32)cc1. The number of aryl methyl sites for hydroxylation is 1. The van der Waals surface area contributed by atoms with Crippen molar-refractivity contribution in [1.29, 1.82) is 0 Å². The van der Waals surface area contributed by atoms with Gasteiger partial charge in [-0.1, -0.05) is 54.1 Å². The number of amides is 2. The molecule has 0 N–H and O–H groups in total. The molecule has 0 aromatic heterocycles. The number of benzene rings is 2. The van der Waals surface area contributed by atoms with Crippen molar-refractivity contribution in [3.05, 3.63) is 77.9 Å². The van der Waals surface area contributed by atoms with Crippen molar-refractivity contribution in [2.75, 3.05) is 4.90 Å². The third-order valence-electron chi connectivity index (χ3n) is 5.91. The van der Waals surface area contributed by atoms with Crippen molar-refractivity contribution >= 4 is 29.5 Å². The van der Waals surface area contributed by atoms with Gasteiger partial charge in [-0.2, -0.15) is 5.10 Å². The van der Waals surface area contributed by atoms with Crippen molar-refractivity contribution in [2.45, 2.75) is 19.0 Å². The van der Waals surface area contributed by atoms with Gasteiger partial charge in [-0.15, -0.1) is 0 Å². The molecule has 5 rings (SSSR count). The fourth-order valence-corrected chi connectivity index (χ4v) is 4.56. The second-order valence-electron chi connectivity index (χ2n) is 7.59. The number of hydrogen-bond donors (Lipinski definition) is 0. The van der Waals surface area contributed by atoms with Gasteiger partial charge in [0.1, 0.15) is 6.04 Å². The minimum atomic E-state index is -0.805. The van der Waals surface area contributed by atoms with E-state index in [0.717, 1.165) is 5.56 Å². The second kappa shape index (κ2) is 6.51. The highest BCUT2D eigenvalue weighted by molar-refractivity contribution is 6.24. The van der Waals surface area contributed by atoms with Crippen molar-refractivity contribution in [1.82, 2.24) is 5.01 Å². The average molecular weight is 385 g/mol. The van der Waals surface area contributed by atoms with Crippen LogP contribution in [-0.2, 0) is 9.59 Å². The van der Waals surface area contributed by atoms with Gasteiger partial charge in [-0.05, 0) is 25.1 Å². The van der Waals surface area contributed by atoms with Crippen molar-refractivity contribution in [2.24, 2.45) is 16.9 Å². The minimum absolute atomic E-state index is 0.192. The molecule has 0 unspecified atom stereocenters. The fourth-order valence-electron chi connectivity index (χ4n) is 4.56. The van der Waals surface area contributed by atoms with E-state index >= 15 is 0 Å². The average Bonchev–Trinajstić information content (AvgIpc) is 3.22. The number of carbonyl (C=O) groups is 3. The van der Waals surface area contributed by atoms with Crippen LogP contribution in [0.5, 0.6) is 0 Å². The summed E-state index contributed by atoms with van der Waals surface area (Å²) >= 11 is 0. The minimum Gasteiger partial charge on any atom is -0.292 e. The normalized spacial score (nSPS) is 27.3. The zero-order valence-corrected chi connectivity index (χ0v) is 15.8. The molecule has 3 heterocycles. The summed E-state index contributed by atoms with van der Waals surface area (Å²) in [6, 6.07) is 14.9. The lowest BCUT2D eigenvalue weighted by atomic mass is 9.86. The van der Waals surface area contributed by atoms with Crippen LogP contribution in [0.1, 0.15) is 15.9 Å². The number of Topliss-reactive ketones (excluding diaryl/α,β-unsaturated/α-hetero) is 1. The number of nitrogens with zero attached hydrogens (tertiary/aromatic N) is 3. The van der Waals surface area contributed by atoms with Crippen LogP contribution < -0.4 is 4.90 Å². The molecule has 3 aliphatic heterocycles. The Morgan fingerprint density at radius 1 is 0.931 bits per heavy atom. The van der Waals surface area contributed by atoms with Crippen LogP contribution in [0.3, 0.4) is 0 Å². The third-order valence-corrected chi connectivity index (χ3v) is 5.91. The smallest absolute Gasteiger partial charge is 0.240 e. The van der Waals surface area contributed by atoms with Crippen LogP contribution in [0.4, 0.5) is 5.69 Å². The number of imide groups is 1. The molecule has 144 valence electrons. The Morgan fingerprint density at radius 2 is 1.62 bits per heavy atom. The van der Waals surface area contributed by atoms with E-state index in [0.29, 0.717) is 11.3 Å². The molecule has 29 heavy (non-hydrogen) atoms. The van der Waals surface area contributed by atoms with Gasteiger partial charge in [-0.25, -0.2) is 4.90 Å². The van der Waals surface area contributed by atoms with E-state index < -0.39 is 23.9 Å². The number of hydrazone groups is 1. The van der Waals surface area contributed by atoms with Gasteiger partial charge in [0, 0.05) is 11.8 Å². The monoisotopic (exact) mass is 385 g/mol. The summed E-state index contributed by atoms with van der Waals surface area (Å²) in [4.78, 5) is 41.3. The summed E-state index contributed by atoms with van der Waals surface area (Å²) in [7, 11) is 0. The van der Waals surface area contributed by atoms with Crippen LogP contribution in [-0.4, -0.2) is 40.9 Å². The Morgan fingerprint density at radius 3 is 2.34 bits per heavy atom. The number of anilines is 1. The summed E-state index contributed by atoms with van der Waals surface area (Å²) in [6.45, 7) is 1.95. The molecule has 6 nitrogen and oxygen atoms in total. The first-order valence-corrected chi connectivity index (χ1v) is 9.61. The number of allylic oxidation sites excluding steroid dienone is 1. The standard InChI is InChI=1S/C23H19N3O3/c1-14-9-11-16(12-10-14)25-22(28)18-17-8-5-13-24-26(17)20(19(18)23(25)29)21(27)15-6-3-2-4-7-15/h2-13,17-20H,1H3/t17-,18-,19-,20+/m0/s1. The second-order valence-corrected chi connectivity index (χ2v) is 7.59. The first-order valence-electron chi connectivity index (χ1n) is 9.61. The Labute approximate surface area is 168 Å². The number of ketones is 1. The van der Waals surface area contributed by atoms with Gasteiger partial charge < -0.3 is 0 Å². The van der Waals surface area contributed by atoms with E-state index in [-0.39, 0.29) is 17.6 Å². The predicted octanol–water partition coefficient (Wildman–Crippen LogP) is 2.59. The molecule has 2 amide bonds. The lowest BCUT2D eigenvalue weighted by molar-refractivity contribution is -0.123. The molecular formula is C23H19N3O3. The van der Waals surface area contributed by atoms with Crippen LogP contribution in [0, 0.1) is 18.8 Å². The number of hydrogen-bond acceptors (Lipinski definition) is 5. The Kier molecular flexibility index (Phi) is 3.94. The van der Waals surface area contributed by atoms with E-state index in [1.54, 1.807) is 53.7 Å². The Bertz CT molecular complexity index is 1060. The number of rotatable bonds is 3. The maximum absolute atomic E-state index is 13.4. The number of carbonyl (C=O) groups excluding carboxylic acids is 3. The van der Waals surface area contributed by atoms with E-state index in [1.165, 1.54) is 4.90 Å². The Balaban J connectivity index is 1.58. The van der Waals surface area contributed by atoms with Gasteiger partial charge in [0.2, 0.25) is 11.8 Å². The van der Waals surface area contributed by atoms with Crippen LogP contribution >= 0.6 is 0 Å². The van der Waals surface area contributed by atoms with Crippen LogP contribution in [0.15, 0.2) is 71.9 Å². The van der Waals surface area contributed by atoms with E-state index in [1.807, 2.05) is 31.2 Å². The zero-order chi connectivity index (χ0) is 20.1. The predicted molar refractivity (Wildman–Crippen MR) is 108 cm³/mol. The van der Waals surface area contributed by atoms with Gasteiger partial charge in [0.15, 0.2) is 5.78 Å². The highest BCUT2D eigenvalue weighted by Gasteiger charge is 2.64. The first kappa shape index (κ1) is 17.6. The molecule has 0 radical (unpaired) electrons. The zero-order valence-electron chi connectivity index (χ0n) is 15.8. The molecule has 0 spiro atoms. The molecule has 0 saturated carbocycles. The fraction of sp³-hybridized carbons (Fsp3) is 0.217. The molecule has 0 bridgehead atoms. The van der Waals surface area contributed by atoms with Crippen molar-refractivity contribution in [3.8, 4) is 0 Å². The highest BCUT2D eigenvalue weighted by Crippen LogP contribution is 2.46. The summed E-state index contributed by atoms with van der Waals surface area (Å²) in [5.74, 6) is -2.20. The Hall–Kier alpha value is -3.54. The largest absolute Gasteiger partial charge is 0.292 e. The van der Waals surface area contributed by atoms with E-state index in [4.69, 9.17) is 0 Å². The van der Waals surface area contributed by atoms with Crippen LogP contribution in [0.2, 0.25) is 0 Å². The molecule has 4 atom stereocenters. The molecule has 2 aromatic rings. The maximum atomic E-state index is 13.4. The van der Waals surface area contributed by atoms with Gasteiger partial charge in [-0.3, -0.25) is 19.4 Å². The molecule has 3 aliphatic rings. The summed E-state index contributed by atoms with van der Waals surface area (Å²) in [6.07, 6.45) is 5.21. The molecular weight excluding hydrogens is 366 g/mol. The molecule has 2 saturated heterocycles. The van der Waals surface area contributed by atoms with E-state index in [2.05, 4.69) is 5.10 Å². The number of fused-ring (bicyclic) bond motifs is 3.